The van der Waals surface area contributed by atoms with Gasteiger partial charge in [0.2, 0.25) is 0 Å². The van der Waals surface area contributed by atoms with Crippen molar-refractivity contribution in [1.82, 2.24) is 5.32 Å². The van der Waals surface area contributed by atoms with Crippen molar-refractivity contribution in [2.24, 2.45) is 0 Å². The molecule has 0 spiro atoms. The zero-order chi connectivity index (χ0) is 6.91. The Kier molecular flexibility index (Phi) is 1.38. The lowest BCUT2D eigenvalue weighted by Gasteiger charge is -2.03. The molecule has 0 bridgehead atoms. The summed E-state index contributed by atoms with van der Waals surface area (Å²) in [6.07, 6.45) is -3.20. The molecule has 1 rings (SSSR count). The SMILES string of the molecule is FC(F)(F)C1=CN[CH]C1. The summed E-state index contributed by atoms with van der Waals surface area (Å²) in [4.78, 5) is 0. The Labute approximate surface area is 50.6 Å². The molecular formula is C5H5F3N. The lowest BCUT2D eigenvalue weighted by Crippen LogP contribution is -2.09. The van der Waals surface area contributed by atoms with Gasteiger partial charge in [0.25, 0.3) is 0 Å². The van der Waals surface area contributed by atoms with Gasteiger partial charge in [0.05, 0.1) is 12.1 Å². The van der Waals surface area contributed by atoms with Gasteiger partial charge < -0.3 is 5.32 Å². The highest BCUT2D eigenvalue weighted by Gasteiger charge is 2.34. The number of rotatable bonds is 0. The van der Waals surface area contributed by atoms with Gasteiger partial charge in [-0.25, -0.2) is 0 Å². The molecule has 4 heteroatoms. The van der Waals surface area contributed by atoms with Gasteiger partial charge >= 0.3 is 6.18 Å². The number of hydrogen-bond acceptors (Lipinski definition) is 1. The average molecular weight is 136 g/mol. The summed E-state index contributed by atoms with van der Waals surface area (Å²) in [5.74, 6) is 0. The minimum absolute atomic E-state index is 0.0243. The van der Waals surface area contributed by atoms with Gasteiger partial charge in [0.1, 0.15) is 0 Å². The molecule has 0 aromatic rings. The highest BCUT2D eigenvalue weighted by Crippen LogP contribution is 2.29. The lowest BCUT2D eigenvalue weighted by atomic mass is 10.2. The van der Waals surface area contributed by atoms with E-state index < -0.39 is 11.7 Å². The van der Waals surface area contributed by atoms with Crippen LogP contribution in [0, 0.1) is 6.54 Å². The Morgan fingerprint density at radius 2 is 2.11 bits per heavy atom. The number of nitrogens with one attached hydrogen (secondary N) is 1. The zero-order valence-corrected chi connectivity index (χ0v) is 4.50. The fraction of sp³-hybridized carbons (Fsp3) is 0.400. The van der Waals surface area contributed by atoms with E-state index in [1.807, 2.05) is 0 Å². The second-order valence-electron chi connectivity index (χ2n) is 1.74. The predicted molar refractivity (Wildman–Crippen MR) is 26.2 cm³/mol. The van der Waals surface area contributed by atoms with Crippen molar-refractivity contribution in [3.8, 4) is 0 Å². The molecule has 51 valence electrons. The van der Waals surface area contributed by atoms with E-state index in [0.29, 0.717) is 0 Å². The normalized spacial score (nSPS) is 19.2. The minimum atomic E-state index is -4.15. The molecule has 0 atom stereocenters. The van der Waals surface area contributed by atoms with E-state index >= 15 is 0 Å². The second-order valence-corrected chi connectivity index (χ2v) is 1.74. The number of halogens is 3. The van der Waals surface area contributed by atoms with E-state index in [1.54, 1.807) is 0 Å². The molecule has 0 fully saturated rings. The molecule has 1 nitrogen and oxygen atoms in total. The van der Waals surface area contributed by atoms with Crippen LogP contribution in [0.3, 0.4) is 0 Å². The maximum absolute atomic E-state index is 11.6. The van der Waals surface area contributed by atoms with Gasteiger partial charge in [-0.05, 0) is 0 Å². The van der Waals surface area contributed by atoms with Crippen molar-refractivity contribution in [1.29, 1.82) is 0 Å². The summed E-state index contributed by atoms with van der Waals surface area (Å²) in [5.41, 5.74) is -0.512. The second kappa shape index (κ2) is 1.93. The first-order chi connectivity index (χ1) is 4.11. The van der Waals surface area contributed by atoms with Crippen LogP contribution in [0.5, 0.6) is 0 Å². The first-order valence-corrected chi connectivity index (χ1v) is 2.44. The Morgan fingerprint density at radius 1 is 1.44 bits per heavy atom. The molecule has 0 aromatic carbocycles. The van der Waals surface area contributed by atoms with E-state index in [9.17, 15) is 13.2 Å². The molecule has 0 amide bonds. The van der Waals surface area contributed by atoms with Gasteiger partial charge in [0, 0.05) is 12.6 Å². The Morgan fingerprint density at radius 3 is 2.33 bits per heavy atom. The van der Waals surface area contributed by atoms with Crippen LogP contribution in [0.1, 0.15) is 6.42 Å². The minimum Gasteiger partial charge on any atom is -0.386 e. The van der Waals surface area contributed by atoms with Crippen molar-refractivity contribution < 1.29 is 13.2 Å². The molecule has 0 aliphatic carbocycles. The number of hydrogen-bond donors (Lipinski definition) is 1. The molecule has 1 N–H and O–H groups in total. The van der Waals surface area contributed by atoms with Crippen LogP contribution in [0.25, 0.3) is 0 Å². The van der Waals surface area contributed by atoms with E-state index in [4.69, 9.17) is 0 Å². The maximum Gasteiger partial charge on any atom is 0.414 e. The summed E-state index contributed by atoms with van der Waals surface area (Å²) in [6, 6.07) is 0. The van der Waals surface area contributed by atoms with Crippen molar-refractivity contribution in [2.75, 3.05) is 0 Å². The van der Waals surface area contributed by atoms with Gasteiger partial charge in [-0.3, -0.25) is 0 Å². The van der Waals surface area contributed by atoms with Gasteiger partial charge in [-0.15, -0.1) is 0 Å². The standard InChI is InChI=1S/C5H5F3N/c6-5(7,8)4-1-2-9-3-4/h2-3,9H,1H2. The van der Waals surface area contributed by atoms with Crippen LogP contribution in [0.15, 0.2) is 11.8 Å². The third-order valence-corrected chi connectivity index (χ3v) is 1.06. The van der Waals surface area contributed by atoms with Crippen LogP contribution in [-0.4, -0.2) is 6.18 Å². The molecule has 0 saturated heterocycles. The topological polar surface area (TPSA) is 12.0 Å². The Bertz CT molecular complexity index is 136. The molecule has 9 heavy (non-hydrogen) atoms. The predicted octanol–water partition coefficient (Wildman–Crippen LogP) is 1.59. The molecule has 1 aliphatic rings. The molecule has 0 saturated carbocycles. The van der Waals surface area contributed by atoms with Crippen molar-refractivity contribution >= 4 is 0 Å². The van der Waals surface area contributed by atoms with Crippen LogP contribution in [-0.2, 0) is 0 Å². The van der Waals surface area contributed by atoms with E-state index in [2.05, 4.69) is 5.32 Å². The summed E-state index contributed by atoms with van der Waals surface area (Å²) in [6.45, 7) is 1.36. The van der Waals surface area contributed by atoms with Crippen LogP contribution in [0.4, 0.5) is 13.2 Å². The molecule has 1 heterocycles. The van der Waals surface area contributed by atoms with E-state index in [1.165, 1.54) is 6.54 Å². The van der Waals surface area contributed by atoms with Gasteiger partial charge in [-0.2, -0.15) is 13.2 Å². The maximum atomic E-state index is 11.6. The number of alkyl halides is 3. The highest BCUT2D eigenvalue weighted by molar-refractivity contribution is 5.16. The fourth-order valence-corrected chi connectivity index (χ4v) is 0.585. The monoisotopic (exact) mass is 136 g/mol. The summed E-state index contributed by atoms with van der Waals surface area (Å²) < 4.78 is 34.9. The third-order valence-electron chi connectivity index (χ3n) is 1.06. The lowest BCUT2D eigenvalue weighted by molar-refractivity contribution is -0.0926. The summed E-state index contributed by atoms with van der Waals surface area (Å²) >= 11 is 0. The van der Waals surface area contributed by atoms with Crippen molar-refractivity contribution in [3.05, 3.63) is 18.3 Å². The van der Waals surface area contributed by atoms with Gasteiger partial charge in [0.15, 0.2) is 0 Å². The van der Waals surface area contributed by atoms with E-state index in [-0.39, 0.29) is 6.42 Å². The van der Waals surface area contributed by atoms with E-state index in [0.717, 1.165) is 6.20 Å². The summed E-state index contributed by atoms with van der Waals surface area (Å²) in [5, 5.41) is 2.37. The Balaban J connectivity index is 2.61. The fourth-order valence-electron chi connectivity index (χ4n) is 0.585. The van der Waals surface area contributed by atoms with Crippen LogP contribution >= 0.6 is 0 Å². The quantitative estimate of drug-likeness (QED) is 0.533. The first-order valence-electron chi connectivity index (χ1n) is 2.44. The molecule has 1 radical (unpaired) electrons. The molecular weight excluding hydrogens is 131 g/mol. The van der Waals surface area contributed by atoms with Crippen molar-refractivity contribution in [2.45, 2.75) is 12.6 Å². The largest absolute Gasteiger partial charge is 0.414 e. The van der Waals surface area contributed by atoms with Crippen LogP contribution < -0.4 is 5.32 Å². The molecule has 1 aliphatic heterocycles. The third kappa shape index (κ3) is 1.37. The molecule has 0 aromatic heterocycles. The smallest absolute Gasteiger partial charge is 0.386 e. The average Bonchev–Trinajstić information content (AvgIpc) is 2.08. The Hall–Kier alpha value is -0.670. The summed E-state index contributed by atoms with van der Waals surface area (Å²) in [7, 11) is 0. The van der Waals surface area contributed by atoms with Crippen molar-refractivity contribution in [3.63, 3.8) is 0 Å². The highest BCUT2D eigenvalue weighted by atomic mass is 19.4. The van der Waals surface area contributed by atoms with Gasteiger partial charge in [-0.1, -0.05) is 0 Å². The first kappa shape index (κ1) is 6.45. The zero-order valence-electron chi connectivity index (χ0n) is 4.50. The molecule has 0 unspecified atom stereocenters. The van der Waals surface area contributed by atoms with Crippen LogP contribution in [0.2, 0.25) is 0 Å².